The van der Waals surface area contributed by atoms with Gasteiger partial charge in [-0.3, -0.25) is 4.57 Å². The zero-order valence-electron chi connectivity index (χ0n) is 7.58. The van der Waals surface area contributed by atoms with Gasteiger partial charge in [-0.25, -0.2) is 0 Å². The van der Waals surface area contributed by atoms with Crippen molar-refractivity contribution in [1.29, 1.82) is 0 Å². The van der Waals surface area contributed by atoms with Gasteiger partial charge in [-0.15, -0.1) is 0 Å². The van der Waals surface area contributed by atoms with Crippen LogP contribution < -0.4 is 0 Å². The topological polar surface area (TPSA) is 35.5 Å². The van der Waals surface area contributed by atoms with Crippen LogP contribution in [0, 0.1) is 0 Å². The molecule has 70 valence electrons. The monoisotopic (exact) mass is 190 g/mol. The van der Waals surface area contributed by atoms with Crippen molar-refractivity contribution in [1.82, 2.24) is 0 Å². The Hall–Kier alpha value is -0.110. The Morgan fingerprint density at radius 2 is 2.00 bits per heavy atom. The van der Waals surface area contributed by atoms with Crippen LogP contribution in [0.15, 0.2) is 11.4 Å². The van der Waals surface area contributed by atoms with Crippen molar-refractivity contribution in [2.75, 3.05) is 13.2 Å². The molecule has 3 nitrogen and oxygen atoms in total. The van der Waals surface area contributed by atoms with Gasteiger partial charge in [-0.2, -0.15) is 0 Å². The van der Waals surface area contributed by atoms with Crippen LogP contribution in [0.2, 0.25) is 0 Å². The van der Waals surface area contributed by atoms with E-state index in [4.69, 9.17) is 9.05 Å². The molecule has 1 aliphatic rings. The molecule has 1 rings (SSSR count). The maximum Gasteiger partial charge on any atom is 0.357 e. The molecule has 0 radical (unpaired) electrons. The first-order valence-electron chi connectivity index (χ1n) is 4.31. The molecular weight excluding hydrogens is 175 g/mol. The zero-order valence-corrected chi connectivity index (χ0v) is 8.47. The van der Waals surface area contributed by atoms with E-state index in [2.05, 4.69) is 0 Å². The van der Waals surface area contributed by atoms with E-state index in [0.29, 0.717) is 13.2 Å². The number of hydrogen-bond acceptors (Lipinski definition) is 3. The van der Waals surface area contributed by atoms with Gasteiger partial charge in [0.05, 0.1) is 13.2 Å². The van der Waals surface area contributed by atoms with Gasteiger partial charge in [-0.05, 0) is 12.8 Å². The van der Waals surface area contributed by atoms with Crippen LogP contribution in [0.5, 0.6) is 0 Å². The lowest BCUT2D eigenvalue weighted by Gasteiger charge is -2.11. The van der Waals surface area contributed by atoms with E-state index in [0.717, 1.165) is 18.2 Å². The van der Waals surface area contributed by atoms with Crippen molar-refractivity contribution in [2.24, 2.45) is 0 Å². The second-order valence-corrected chi connectivity index (χ2v) is 4.71. The molecule has 0 aromatic carbocycles. The second-order valence-electron chi connectivity index (χ2n) is 2.62. The Labute approximate surface area is 73.3 Å². The summed E-state index contributed by atoms with van der Waals surface area (Å²) in [4.78, 5) is 0. The van der Waals surface area contributed by atoms with Gasteiger partial charge in [0.2, 0.25) is 0 Å². The highest BCUT2D eigenvalue weighted by Gasteiger charge is 2.33. The summed E-state index contributed by atoms with van der Waals surface area (Å²) in [6.45, 7) is 4.89. The molecule has 0 amide bonds. The van der Waals surface area contributed by atoms with Crippen molar-refractivity contribution >= 4 is 7.60 Å². The van der Waals surface area contributed by atoms with Crippen LogP contribution in [0.1, 0.15) is 26.7 Å². The quantitative estimate of drug-likeness (QED) is 0.642. The molecule has 4 heteroatoms. The SMILES string of the molecule is CC/C=C(\CC)P1(=O)OCCO1. The van der Waals surface area contributed by atoms with Gasteiger partial charge in [0.15, 0.2) is 0 Å². The highest BCUT2D eigenvalue weighted by atomic mass is 31.2. The number of hydrogen-bond donors (Lipinski definition) is 0. The van der Waals surface area contributed by atoms with Gasteiger partial charge in [-0.1, -0.05) is 19.9 Å². The van der Waals surface area contributed by atoms with Crippen LogP contribution in [-0.4, -0.2) is 13.2 Å². The lowest BCUT2D eigenvalue weighted by molar-refractivity contribution is 0.359. The molecule has 0 unspecified atom stereocenters. The molecule has 0 bridgehead atoms. The molecule has 1 fully saturated rings. The predicted octanol–water partition coefficient (Wildman–Crippen LogP) is 2.93. The van der Waals surface area contributed by atoms with E-state index in [-0.39, 0.29) is 0 Å². The molecular formula is C8H15O3P. The summed E-state index contributed by atoms with van der Waals surface area (Å²) in [5.74, 6) is 0. The molecule has 1 saturated heterocycles. The molecule has 0 saturated carbocycles. The van der Waals surface area contributed by atoms with Gasteiger partial charge in [0.1, 0.15) is 0 Å². The van der Waals surface area contributed by atoms with E-state index in [1.54, 1.807) is 0 Å². The summed E-state index contributed by atoms with van der Waals surface area (Å²) in [5.41, 5.74) is 0. The van der Waals surface area contributed by atoms with Crippen molar-refractivity contribution in [3.63, 3.8) is 0 Å². The van der Waals surface area contributed by atoms with Gasteiger partial charge >= 0.3 is 7.60 Å². The summed E-state index contributed by atoms with van der Waals surface area (Å²) in [7, 11) is -2.84. The molecule has 0 aromatic rings. The lowest BCUT2D eigenvalue weighted by atomic mass is 10.3. The Morgan fingerprint density at radius 1 is 1.42 bits per heavy atom. The van der Waals surface area contributed by atoms with Crippen molar-refractivity contribution < 1.29 is 13.6 Å². The summed E-state index contributed by atoms with van der Waals surface area (Å²) >= 11 is 0. The fourth-order valence-corrected chi connectivity index (χ4v) is 3.03. The fraction of sp³-hybridized carbons (Fsp3) is 0.750. The normalized spacial score (nSPS) is 23.0. The van der Waals surface area contributed by atoms with Crippen molar-refractivity contribution in [2.45, 2.75) is 26.7 Å². The van der Waals surface area contributed by atoms with Crippen LogP contribution in [0.4, 0.5) is 0 Å². The maximum atomic E-state index is 11.8. The predicted molar refractivity (Wildman–Crippen MR) is 48.2 cm³/mol. The average Bonchev–Trinajstić information content (AvgIpc) is 2.49. The molecule has 0 atom stereocenters. The molecule has 12 heavy (non-hydrogen) atoms. The third-order valence-corrected chi connectivity index (χ3v) is 4.01. The largest absolute Gasteiger partial charge is 0.357 e. The van der Waals surface area contributed by atoms with Gasteiger partial charge in [0, 0.05) is 5.31 Å². The minimum absolute atomic E-state index is 0.457. The molecule has 0 N–H and O–H groups in total. The average molecular weight is 190 g/mol. The molecule has 0 aromatic heterocycles. The Morgan fingerprint density at radius 3 is 2.42 bits per heavy atom. The van der Waals surface area contributed by atoms with Crippen molar-refractivity contribution in [3.05, 3.63) is 11.4 Å². The lowest BCUT2D eigenvalue weighted by Crippen LogP contribution is -1.86. The fourth-order valence-electron chi connectivity index (χ4n) is 1.20. The maximum absolute atomic E-state index is 11.8. The summed E-state index contributed by atoms with van der Waals surface area (Å²) < 4.78 is 22.0. The van der Waals surface area contributed by atoms with Crippen LogP contribution >= 0.6 is 7.60 Å². The summed E-state index contributed by atoms with van der Waals surface area (Å²) in [6, 6.07) is 0. The Balaban J connectivity index is 2.77. The summed E-state index contributed by atoms with van der Waals surface area (Å²) in [6.07, 6.45) is 3.55. The molecule has 1 heterocycles. The summed E-state index contributed by atoms with van der Waals surface area (Å²) in [5, 5.41) is 0.822. The Bertz CT molecular complexity index is 212. The van der Waals surface area contributed by atoms with E-state index in [1.807, 2.05) is 19.9 Å². The molecule has 1 aliphatic heterocycles. The second kappa shape index (κ2) is 4.22. The highest BCUT2D eigenvalue weighted by molar-refractivity contribution is 7.58. The van der Waals surface area contributed by atoms with Crippen LogP contribution in [-0.2, 0) is 13.6 Å². The standard InChI is InChI=1S/C8H15O3P/c1-3-5-8(4-2)12(9)10-6-7-11-12/h5H,3-4,6-7H2,1-2H3/b8-5+. The minimum Gasteiger partial charge on any atom is -0.303 e. The molecule has 0 aliphatic carbocycles. The van der Waals surface area contributed by atoms with Crippen molar-refractivity contribution in [3.8, 4) is 0 Å². The van der Waals surface area contributed by atoms with Gasteiger partial charge < -0.3 is 9.05 Å². The smallest absolute Gasteiger partial charge is 0.303 e. The third kappa shape index (κ3) is 1.98. The Kier molecular flexibility index (Phi) is 3.51. The first-order valence-corrected chi connectivity index (χ1v) is 5.86. The first kappa shape index (κ1) is 9.97. The number of allylic oxidation sites excluding steroid dienone is 2. The number of rotatable bonds is 3. The van der Waals surface area contributed by atoms with E-state index in [1.165, 1.54) is 0 Å². The first-order chi connectivity index (χ1) is 5.73. The van der Waals surface area contributed by atoms with Gasteiger partial charge in [0.25, 0.3) is 0 Å². The molecule has 0 spiro atoms. The highest BCUT2D eigenvalue weighted by Crippen LogP contribution is 2.59. The van der Waals surface area contributed by atoms with Crippen LogP contribution in [0.3, 0.4) is 0 Å². The van der Waals surface area contributed by atoms with E-state index >= 15 is 0 Å². The van der Waals surface area contributed by atoms with E-state index < -0.39 is 7.60 Å². The van der Waals surface area contributed by atoms with Crippen LogP contribution in [0.25, 0.3) is 0 Å². The zero-order chi connectivity index (χ0) is 9.03. The third-order valence-electron chi connectivity index (χ3n) is 1.76. The minimum atomic E-state index is -2.84. The van der Waals surface area contributed by atoms with E-state index in [9.17, 15) is 4.57 Å².